The number of nitrogens with one attached hydrogen (secondary N) is 1. The number of nitrogens with zero attached hydrogens (tertiary/aromatic N) is 4. The van der Waals surface area contributed by atoms with Gasteiger partial charge < -0.3 is 0 Å². The Balaban J connectivity index is 1.98. The Morgan fingerprint density at radius 3 is 2.62 bits per heavy atom. The van der Waals surface area contributed by atoms with Crippen molar-refractivity contribution in [2.75, 3.05) is 0 Å². The van der Waals surface area contributed by atoms with Gasteiger partial charge in [0.1, 0.15) is 5.84 Å². The van der Waals surface area contributed by atoms with E-state index >= 15 is 0 Å². The summed E-state index contributed by atoms with van der Waals surface area (Å²) in [5.41, 5.74) is 3.04. The average Bonchev–Trinajstić information content (AvgIpc) is 3.06. The van der Waals surface area contributed by atoms with Gasteiger partial charge in [0.2, 0.25) is 5.52 Å². The highest BCUT2D eigenvalue weighted by atomic mass is 35.5. The predicted molar refractivity (Wildman–Crippen MR) is 85.6 cm³/mol. The van der Waals surface area contributed by atoms with Crippen LogP contribution in [0.4, 0.5) is 11.4 Å². The first kappa shape index (κ1) is 15.8. The van der Waals surface area contributed by atoms with Crippen LogP contribution >= 0.6 is 11.6 Å². The number of nitro groups is 1. The summed E-state index contributed by atoms with van der Waals surface area (Å²) >= 11 is 5.83. The maximum Gasteiger partial charge on any atom is 0.300 e. The van der Waals surface area contributed by atoms with Gasteiger partial charge in [-0.25, -0.2) is 9.62 Å². The van der Waals surface area contributed by atoms with Crippen molar-refractivity contribution in [3.05, 3.63) is 57.1 Å². The molecule has 0 amide bonds. The Morgan fingerprint density at radius 2 is 1.96 bits per heavy atom. The van der Waals surface area contributed by atoms with Crippen LogP contribution < -0.4 is 5.48 Å². The number of nitro benzene ring substituents is 1. The maximum absolute atomic E-state index is 11.0. The standard InChI is InChI=1S/C14H10ClN5O4/c15-9-3-1-8(2-4-9)7-12(17-21)16-10-5-6-11(20(22)23)14-13(10)18-24-19-14/h1-6,21H,7H2,(H,16,17). The molecule has 1 aromatic heterocycles. The van der Waals surface area contributed by atoms with Crippen LogP contribution in [-0.4, -0.2) is 26.3 Å². The molecule has 0 spiro atoms. The molecule has 2 N–H and O–H groups in total. The van der Waals surface area contributed by atoms with Crippen molar-refractivity contribution in [1.29, 1.82) is 0 Å². The van der Waals surface area contributed by atoms with Gasteiger partial charge in [-0.15, -0.1) is 0 Å². The molecular weight excluding hydrogens is 338 g/mol. The van der Waals surface area contributed by atoms with E-state index in [0.29, 0.717) is 5.02 Å². The monoisotopic (exact) mass is 347 g/mol. The summed E-state index contributed by atoms with van der Waals surface area (Å²) in [4.78, 5) is 14.6. The third-order valence-corrected chi connectivity index (χ3v) is 3.49. The molecule has 0 radical (unpaired) electrons. The van der Waals surface area contributed by atoms with Crippen LogP contribution in [0.3, 0.4) is 0 Å². The number of aromatic nitrogens is 2. The molecule has 1 heterocycles. The fraction of sp³-hybridized carbons (Fsp3) is 0.0714. The number of hydrogen-bond acceptors (Lipinski definition) is 7. The van der Waals surface area contributed by atoms with Gasteiger partial charge in [0.15, 0.2) is 5.52 Å². The second-order valence-corrected chi connectivity index (χ2v) is 5.23. The molecule has 0 aliphatic carbocycles. The van der Waals surface area contributed by atoms with Crippen molar-refractivity contribution in [2.45, 2.75) is 6.42 Å². The average molecular weight is 348 g/mol. The number of aliphatic imine (C=N–C) groups is 1. The number of amidine groups is 1. The summed E-state index contributed by atoms with van der Waals surface area (Å²) in [7, 11) is 0. The lowest BCUT2D eigenvalue weighted by atomic mass is 10.1. The highest BCUT2D eigenvalue weighted by molar-refractivity contribution is 6.30. The van der Waals surface area contributed by atoms with Gasteiger partial charge in [-0.2, -0.15) is 0 Å². The highest BCUT2D eigenvalue weighted by Gasteiger charge is 2.19. The van der Waals surface area contributed by atoms with Crippen molar-refractivity contribution in [1.82, 2.24) is 15.8 Å². The van der Waals surface area contributed by atoms with E-state index in [1.54, 1.807) is 24.3 Å². The molecular formula is C14H10ClN5O4. The van der Waals surface area contributed by atoms with E-state index in [2.05, 4.69) is 19.9 Å². The molecule has 0 saturated carbocycles. The summed E-state index contributed by atoms with van der Waals surface area (Å²) in [6, 6.07) is 9.68. The summed E-state index contributed by atoms with van der Waals surface area (Å²) < 4.78 is 4.57. The van der Waals surface area contributed by atoms with E-state index in [1.165, 1.54) is 12.1 Å². The quantitative estimate of drug-likeness (QED) is 0.321. The Labute approximate surface area is 139 Å². The summed E-state index contributed by atoms with van der Waals surface area (Å²) in [5.74, 6) is 0.218. The first-order valence-electron chi connectivity index (χ1n) is 6.70. The lowest BCUT2D eigenvalue weighted by Gasteiger charge is -2.05. The van der Waals surface area contributed by atoms with Crippen LogP contribution in [0.2, 0.25) is 5.02 Å². The fourth-order valence-electron chi connectivity index (χ4n) is 2.12. The second-order valence-electron chi connectivity index (χ2n) is 4.80. The maximum atomic E-state index is 11.0. The van der Waals surface area contributed by atoms with Crippen molar-refractivity contribution in [2.24, 2.45) is 4.99 Å². The molecule has 0 aliphatic rings. The van der Waals surface area contributed by atoms with E-state index in [4.69, 9.17) is 11.6 Å². The minimum Gasteiger partial charge on any atom is -0.290 e. The Morgan fingerprint density at radius 1 is 1.25 bits per heavy atom. The van der Waals surface area contributed by atoms with Gasteiger partial charge in [0, 0.05) is 17.5 Å². The van der Waals surface area contributed by atoms with Crippen LogP contribution in [-0.2, 0) is 6.42 Å². The van der Waals surface area contributed by atoms with Gasteiger partial charge >= 0.3 is 5.69 Å². The molecule has 0 bridgehead atoms. The third kappa shape index (κ3) is 3.16. The highest BCUT2D eigenvalue weighted by Crippen LogP contribution is 2.30. The van der Waals surface area contributed by atoms with Crippen molar-refractivity contribution in [3.63, 3.8) is 0 Å². The topological polar surface area (TPSA) is 127 Å². The lowest BCUT2D eigenvalue weighted by molar-refractivity contribution is -0.383. The molecule has 0 unspecified atom stereocenters. The molecule has 0 saturated heterocycles. The molecule has 0 atom stereocenters. The molecule has 0 fully saturated rings. The molecule has 3 rings (SSSR count). The van der Waals surface area contributed by atoms with Crippen molar-refractivity contribution < 1.29 is 14.8 Å². The van der Waals surface area contributed by atoms with Gasteiger partial charge in [0.25, 0.3) is 0 Å². The Hall–Kier alpha value is -3.04. The minimum atomic E-state index is -0.584. The molecule has 9 nitrogen and oxygen atoms in total. The molecule has 24 heavy (non-hydrogen) atoms. The van der Waals surface area contributed by atoms with Gasteiger partial charge in [-0.05, 0) is 34.1 Å². The third-order valence-electron chi connectivity index (χ3n) is 3.24. The number of non-ortho nitro benzene ring substituents is 1. The number of hydrogen-bond donors (Lipinski definition) is 2. The number of hydroxylamine groups is 1. The minimum absolute atomic E-state index is 0.00923. The van der Waals surface area contributed by atoms with Crippen molar-refractivity contribution in [3.8, 4) is 0 Å². The smallest absolute Gasteiger partial charge is 0.290 e. The molecule has 0 aliphatic heterocycles. The zero-order valence-electron chi connectivity index (χ0n) is 12.0. The SMILES string of the molecule is O=[N+]([O-])c1ccc(N=C(Cc2ccc(Cl)cc2)NO)c2nonc12. The lowest BCUT2D eigenvalue weighted by Crippen LogP contribution is -2.21. The van der Waals surface area contributed by atoms with E-state index in [1.807, 2.05) is 5.48 Å². The van der Waals surface area contributed by atoms with Crippen LogP contribution in [0.1, 0.15) is 5.56 Å². The predicted octanol–water partition coefficient (Wildman–Crippen LogP) is 3.04. The Bertz CT molecular complexity index is 923. The van der Waals surface area contributed by atoms with Crippen molar-refractivity contribution >= 4 is 39.8 Å². The number of benzene rings is 2. The van der Waals surface area contributed by atoms with Crippen LogP contribution in [0.25, 0.3) is 11.0 Å². The van der Waals surface area contributed by atoms with Gasteiger partial charge in [-0.1, -0.05) is 23.7 Å². The molecule has 2 aromatic carbocycles. The normalized spacial score (nSPS) is 11.7. The van der Waals surface area contributed by atoms with Crippen LogP contribution in [0.15, 0.2) is 46.0 Å². The van der Waals surface area contributed by atoms with E-state index in [9.17, 15) is 15.3 Å². The number of halogens is 1. The summed E-state index contributed by atoms with van der Waals surface area (Å²) in [6.07, 6.45) is 0.289. The number of fused-ring (bicyclic) bond motifs is 1. The zero-order valence-corrected chi connectivity index (χ0v) is 12.8. The fourth-order valence-corrected chi connectivity index (χ4v) is 2.25. The number of rotatable bonds is 4. The zero-order chi connectivity index (χ0) is 17.1. The molecule has 122 valence electrons. The molecule has 3 aromatic rings. The first-order chi connectivity index (χ1) is 11.6. The van der Waals surface area contributed by atoms with Gasteiger partial charge in [0.05, 0.1) is 10.6 Å². The largest absolute Gasteiger partial charge is 0.300 e. The van der Waals surface area contributed by atoms with E-state index < -0.39 is 4.92 Å². The van der Waals surface area contributed by atoms with Crippen LogP contribution in [0, 0.1) is 10.1 Å². The second kappa shape index (κ2) is 6.60. The van der Waals surface area contributed by atoms with E-state index in [-0.39, 0.29) is 34.7 Å². The first-order valence-corrected chi connectivity index (χ1v) is 7.08. The Kier molecular flexibility index (Phi) is 4.36. The van der Waals surface area contributed by atoms with Gasteiger partial charge in [-0.3, -0.25) is 20.8 Å². The summed E-state index contributed by atoms with van der Waals surface area (Å²) in [6.45, 7) is 0. The summed E-state index contributed by atoms with van der Waals surface area (Å²) in [5, 5.41) is 28.0. The van der Waals surface area contributed by atoms with Crippen LogP contribution in [0.5, 0.6) is 0 Å². The van der Waals surface area contributed by atoms with E-state index in [0.717, 1.165) is 5.56 Å². The molecule has 10 heteroatoms.